The molecule has 10 nitrogen and oxygen atoms in total. The second kappa shape index (κ2) is 10.8. The van der Waals surface area contributed by atoms with Crippen LogP contribution >= 0.6 is 0 Å². The van der Waals surface area contributed by atoms with Gasteiger partial charge in [0.15, 0.2) is 0 Å². The van der Waals surface area contributed by atoms with Gasteiger partial charge in [-0.1, -0.05) is 6.07 Å². The normalized spacial score (nSPS) is 12.8. The van der Waals surface area contributed by atoms with Gasteiger partial charge in [0.05, 0.1) is 26.3 Å². The summed E-state index contributed by atoms with van der Waals surface area (Å²) in [6.07, 6.45) is 0. The third-order valence-corrected chi connectivity index (χ3v) is 5.50. The Hall–Kier alpha value is -4.93. The van der Waals surface area contributed by atoms with Crippen molar-refractivity contribution in [2.45, 2.75) is 13.1 Å². The van der Waals surface area contributed by atoms with E-state index in [-0.39, 0.29) is 30.2 Å². The Morgan fingerprint density at radius 1 is 0.919 bits per heavy atom. The molecule has 37 heavy (non-hydrogen) atoms. The van der Waals surface area contributed by atoms with Crippen LogP contribution in [0.25, 0.3) is 0 Å². The monoisotopic (exact) mass is 507 g/mol. The Labute approximate surface area is 210 Å². The van der Waals surface area contributed by atoms with Crippen LogP contribution in [0.4, 0.5) is 9.18 Å². The van der Waals surface area contributed by atoms with Crippen molar-refractivity contribution in [2.75, 3.05) is 14.2 Å². The average molecular weight is 507 g/mol. The van der Waals surface area contributed by atoms with Gasteiger partial charge in [-0.05, 0) is 54.1 Å². The fourth-order valence-corrected chi connectivity index (χ4v) is 3.63. The highest BCUT2D eigenvalue weighted by molar-refractivity contribution is 6.44. The summed E-state index contributed by atoms with van der Waals surface area (Å²) in [5.74, 6) is -1.15. The Bertz CT molecular complexity index is 1380. The number of urea groups is 1. The van der Waals surface area contributed by atoms with Crippen molar-refractivity contribution in [1.29, 1.82) is 0 Å². The maximum atomic E-state index is 13.1. The number of methoxy groups -OCH3 is 2. The summed E-state index contributed by atoms with van der Waals surface area (Å²) in [4.78, 5) is 48.9. The molecule has 1 saturated heterocycles. The van der Waals surface area contributed by atoms with Crippen molar-refractivity contribution in [2.24, 2.45) is 0 Å². The van der Waals surface area contributed by atoms with Crippen LogP contribution in [0.5, 0.6) is 23.0 Å². The Morgan fingerprint density at radius 3 is 2.27 bits per heavy atom. The molecule has 4 rings (SSSR count). The minimum absolute atomic E-state index is 0.105. The first-order valence-corrected chi connectivity index (χ1v) is 11.0. The number of carbonyl (C=O) groups excluding carboxylic acids is 4. The van der Waals surface area contributed by atoms with Crippen molar-refractivity contribution >= 4 is 23.8 Å². The van der Waals surface area contributed by atoms with Crippen LogP contribution < -0.4 is 24.8 Å². The predicted molar refractivity (Wildman–Crippen MR) is 128 cm³/mol. The molecule has 2 N–H and O–H groups in total. The number of ether oxygens (including phenoxy) is 3. The van der Waals surface area contributed by atoms with E-state index in [1.165, 1.54) is 50.6 Å². The summed E-state index contributed by atoms with van der Waals surface area (Å²) in [5.41, 5.74) is 1.29. The number of hydrogen-bond donors (Lipinski definition) is 2. The molecule has 1 heterocycles. The molecule has 1 aliphatic rings. The standard InChI is InChI=1S/C26H22FN3O7/c1-35-21-10-3-15(14-30-25(33)24(32)29-26(30)34)11-20(21)23(31)28-13-16-4-7-19(12-22(16)36-2)37-18-8-5-17(27)6-9-18/h3-12H,13-14H2,1-2H3,(H,28,31)(H,29,32,34). The highest BCUT2D eigenvalue weighted by Crippen LogP contribution is 2.29. The van der Waals surface area contributed by atoms with E-state index in [4.69, 9.17) is 14.2 Å². The van der Waals surface area contributed by atoms with Gasteiger partial charge in [-0.15, -0.1) is 0 Å². The Kier molecular flexibility index (Phi) is 7.33. The summed E-state index contributed by atoms with van der Waals surface area (Å²) >= 11 is 0. The average Bonchev–Trinajstić information content (AvgIpc) is 3.14. The van der Waals surface area contributed by atoms with Crippen molar-refractivity contribution in [3.63, 3.8) is 0 Å². The Balaban J connectivity index is 1.46. The molecule has 0 atom stereocenters. The number of rotatable bonds is 9. The number of carbonyl (C=O) groups is 4. The van der Waals surface area contributed by atoms with Crippen molar-refractivity contribution < 1.29 is 37.8 Å². The van der Waals surface area contributed by atoms with Gasteiger partial charge in [-0.25, -0.2) is 9.18 Å². The first-order valence-electron chi connectivity index (χ1n) is 11.0. The highest BCUT2D eigenvalue weighted by Gasteiger charge is 2.36. The van der Waals surface area contributed by atoms with Gasteiger partial charge in [-0.3, -0.25) is 24.6 Å². The van der Waals surface area contributed by atoms with Crippen LogP contribution in [0.15, 0.2) is 60.7 Å². The Morgan fingerprint density at radius 2 is 1.62 bits per heavy atom. The molecular formula is C26H22FN3O7. The van der Waals surface area contributed by atoms with Gasteiger partial charge in [0.2, 0.25) is 0 Å². The minimum Gasteiger partial charge on any atom is -0.496 e. The number of benzene rings is 3. The summed E-state index contributed by atoms with van der Waals surface area (Å²) in [5, 5.41) is 4.71. The molecule has 3 aromatic rings. The summed E-state index contributed by atoms with van der Waals surface area (Å²) in [6, 6.07) is 14.4. The second-order valence-electron chi connectivity index (χ2n) is 7.90. The third-order valence-electron chi connectivity index (χ3n) is 5.50. The molecule has 1 fully saturated rings. The zero-order valence-electron chi connectivity index (χ0n) is 19.9. The molecule has 5 amide bonds. The maximum Gasteiger partial charge on any atom is 0.331 e. The largest absolute Gasteiger partial charge is 0.496 e. The van der Waals surface area contributed by atoms with E-state index in [1.807, 2.05) is 5.32 Å². The van der Waals surface area contributed by atoms with Gasteiger partial charge in [0.1, 0.15) is 28.8 Å². The zero-order chi connectivity index (χ0) is 26.5. The molecule has 190 valence electrons. The van der Waals surface area contributed by atoms with Gasteiger partial charge < -0.3 is 19.5 Å². The molecule has 0 saturated carbocycles. The van der Waals surface area contributed by atoms with Crippen molar-refractivity contribution in [3.8, 4) is 23.0 Å². The lowest BCUT2D eigenvalue weighted by Gasteiger charge is -2.15. The van der Waals surface area contributed by atoms with Crippen LogP contribution in [-0.4, -0.2) is 42.9 Å². The third kappa shape index (κ3) is 5.67. The van der Waals surface area contributed by atoms with Gasteiger partial charge in [-0.2, -0.15) is 0 Å². The molecular weight excluding hydrogens is 485 g/mol. The molecule has 0 unspecified atom stereocenters. The van der Waals surface area contributed by atoms with Crippen molar-refractivity contribution in [1.82, 2.24) is 15.5 Å². The van der Waals surface area contributed by atoms with E-state index in [9.17, 15) is 23.6 Å². The molecule has 0 aliphatic carbocycles. The lowest BCUT2D eigenvalue weighted by Crippen LogP contribution is -2.30. The number of hydrogen-bond acceptors (Lipinski definition) is 7. The molecule has 11 heteroatoms. The SMILES string of the molecule is COc1cc(Oc2ccc(F)cc2)ccc1CNC(=O)c1cc(CN2C(=O)NC(=O)C2=O)ccc1OC. The number of halogens is 1. The van der Waals surface area contributed by atoms with Crippen LogP contribution in [0.2, 0.25) is 0 Å². The van der Waals surface area contributed by atoms with E-state index in [0.29, 0.717) is 28.4 Å². The quantitative estimate of drug-likeness (QED) is 0.337. The fraction of sp³-hybridized carbons (Fsp3) is 0.154. The number of amides is 5. The van der Waals surface area contributed by atoms with Gasteiger partial charge >= 0.3 is 17.8 Å². The van der Waals surface area contributed by atoms with Crippen LogP contribution in [0, 0.1) is 5.82 Å². The molecule has 0 aromatic heterocycles. The summed E-state index contributed by atoms with van der Waals surface area (Å²) in [6.45, 7) is -0.0856. The topological polar surface area (TPSA) is 123 Å². The second-order valence-corrected chi connectivity index (χ2v) is 7.90. The number of imide groups is 2. The van der Waals surface area contributed by atoms with E-state index in [2.05, 4.69) is 5.32 Å². The maximum absolute atomic E-state index is 13.1. The lowest BCUT2D eigenvalue weighted by atomic mass is 10.1. The van der Waals surface area contributed by atoms with Gasteiger partial charge in [0, 0.05) is 18.2 Å². The lowest BCUT2D eigenvalue weighted by molar-refractivity contribution is -0.140. The summed E-state index contributed by atoms with van der Waals surface area (Å²) in [7, 11) is 2.89. The predicted octanol–water partition coefficient (Wildman–Crippen LogP) is 3.14. The molecule has 3 aromatic carbocycles. The van der Waals surface area contributed by atoms with Crippen molar-refractivity contribution in [3.05, 3.63) is 83.2 Å². The minimum atomic E-state index is -1.00. The fourth-order valence-electron chi connectivity index (χ4n) is 3.63. The first kappa shape index (κ1) is 25.2. The molecule has 0 radical (unpaired) electrons. The van der Waals surface area contributed by atoms with E-state index in [0.717, 1.165) is 4.90 Å². The molecule has 0 spiro atoms. The number of nitrogens with zero attached hydrogens (tertiary/aromatic N) is 1. The first-order chi connectivity index (χ1) is 17.8. The smallest absolute Gasteiger partial charge is 0.331 e. The van der Waals surface area contributed by atoms with E-state index >= 15 is 0 Å². The zero-order valence-corrected chi connectivity index (χ0v) is 19.9. The number of nitrogens with one attached hydrogen (secondary N) is 2. The molecule has 0 bridgehead atoms. The van der Waals surface area contributed by atoms with E-state index < -0.39 is 23.8 Å². The molecule has 1 aliphatic heterocycles. The van der Waals surface area contributed by atoms with E-state index in [1.54, 1.807) is 24.3 Å². The van der Waals surface area contributed by atoms with Crippen LogP contribution in [-0.2, 0) is 22.7 Å². The van der Waals surface area contributed by atoms with Crippen LogP contribution in [0.3, 0.4) is 0 Å². The van der Waals surface area contributed by atoms with Gasteiger partial charge in [0.25, 0.3) is 5.91 Å². The van der Waals surface area contributed by atoms with Crippen LogP contribution in [0.1, 0.15) is 21.5 Å². The highest BCUT2D eigenvalue weighted by atomic mass is 19.1. The summed E-state index contributed by atoms with van der Waals surface area (Å²) < 4.78 is 29.5.